The zero-order chi connectivity index (χ0) is 22.7. The van der Waals surface area contributed by atoms with Gasteiger partial charge in [-0.2, -0.15) is 5.26 Å². The minimum absolute atomic E-state index is 0.116. The lowest BCUT2D eigenvalue weighted by molar-refractivity contribution is -0.384. The molecule has 0 bridgehead atoms. The fraction of sp³-hybridized carbons (Fsp3) is 0.286. The van der Waals surface area contributed by atoms with Gasteiger partial charge in [-0.1, -0.05) is 18.9 Å². The summed E-state index contributed by atoms with van der Waals surface area (Å²) in [7, 11) is 1.66. The van der Waals surface area contributed by atoms with Gasteiger partial charge in [-0.15, -0.1) is 5.10 Å². The summed E-state index contributed by atoms with van der Waals surface area (Å²) in [4.78, 5) is 24.2. The Morgan fingerprint density at radius 3 is 2.72 bits per heavy atom. The van der Waals surface area contributed by atoms with Crippen LogP contribution in [0.15, 0.2) is 46.5 Å². The SMILES string of the molecule is Cn1nnnc1Sc1ccc([N+](=O)[O-])cc1C(=O)Nc1ccc(C2CCCC2)c(C#N)c1. The van der Waals surface area contributed by atoms with E-state index in [1.807, 2.05) is 6.07 Å². The second-order valence-electron chi connectivity index (χ2n) is 7.47. The van der Waals surface area contributed by atoms with Crippen LogP contribution in [0.1, 0.15) is 53.1 Å². The van der Waals surface area contributed by atoms with E-state index in [0.29, 0.717) is 27.2 Å². The predicted octanol–water partition coefficient (Wildman–Crippen LogP) is 4.05. The van der Waals surface area contributed by atoms with E-state index in [-0.39, 0.29) is 11.3 Å². The van der Waals surface area contributed by atoms with Gasteiger partial charge in [0.1, 0.15) is 0 Å². The number of non-ortho nitro benzene ring substituents is 1. The monoisotopic (exact) mass is 449 g/mol. The van der Waals surface area contributed by atoms with Crippen LogP contribution in [0.4, 0.5) is 11.4 Å². The molecule has 0 aliphatic heterocycles. The molecule has 0 spiro atoms. The van der Waals surface area contributed by atoms with Crippen LogP contribution in [0, 0.1) is 21.4 Å². The van der Waals surface area contributed by atoms with Crippen molar-refractivity contribution in [3.63, 3.8) is 0 Å². The van der Waals surface area contributed by atoms with Crippen molar-refractivity contribution in [3.8, 4) is 6.07 Å². The van der Waals surface area contributed by atoms with Gasteiger partial charge < -0.3 is 5.32 Å². The summed E-state index contributed by atoms with van der Waals surface area (Å²) in [6.45, 7) is 0. The first-order valence-corrected chi connectivity index (χ1v) is 10.8. The molecule has 1 saturated carbocycles. The number of nitro groups is 1. The van der Waals surface area contributed by atoms with E-state index in [4.69, 9.17) is 0 Å². The lowest BCUT2D eigenvalue weighted by atomic mass is 9.93. The number of nitriles is 1. The largest absolute Gasteiger partial charge is 0.322 e. The zero-order valence-electron chi connectivity index (χ0n) is 17.2. The molecule has 1 fully saturated rings. The molecule has 0 saturated heterocycles. The maximum atomic E-state index is 13.1. The highest BCUT2D eigenvalue weighted by atomic mass is 32.2. The van der Waals surface area contributed by atoms with Crippen LogP contribution in [0.25, 0.3) is 0 Å². The molecule has 11 heteroatoms. The highest BCUT2D eigenvalue weighted by Crippen LogP contribution is 2.37. The van der Waals surface area contributed by atoms with Crippen LogP contribution in [-0.2, 0) is 7.05 Å². The van der Waals surface area contributed by atoms with Crippen molar-refractivity contribution in [2.24, 2.45) is 7.05 Å². The van der Waals surface area contributed by atoms with Crippen molar-refractivity contribution < 1.29 is 9.72 Å². The summed E-state index contributed by atoms with van der Waals surface area (Å²) < 4.78 is 1.44. The molecule has 162 valence electrons. The molecule has 1 N–H and O–H groups in total. The van der Waals surface area contributed by atoms with Gasteiger partial charge in [0.25, 0.3) is 11.6 Å². The van der Waals surface area contributed by atoms with E-state index < -0.39 is 10.8 Å². The molecule has 1 aliphatic rings. The number of hydrogen-bond donors (Lipinski definition) is 1. The standard InChI is InChI=1S/C21H19N7O3S/c1-27-21(24-25-26-27)32-19-9-7-16(28(30)31)11-18(19)20(29)23-15-6-8-17(14(10-15)12-22)13-4-2-3-5-13/h6-11,13H,2-5H2,1H3,(H,23,29). The van der Waals surface area contributed by atoms with Gasteiger partial charge in [-0.05, 0) is 64.7 Å². The van der Waals surface area contributed by atoms with E-state index in [0.717, 1.165) is 43.0 Å². The first kappa shape index (κ1) is 21.5. The first-order valence-electron chi connectivity index (χ1n) is 10.0. The Morgan fingerprint density at radius 1 is 1.28 bits per heavy atom. The molecule has 10 nitrogen and oxygen atoms in total. The van der Waals surface area contributed by atoms with Crippen molar-refractivity contribution in [1.29, 1.82) is 5.26 Å². The van der Waals surface area contributed by atoms with Crippen LogP contribution >= 0.6 is 11.8 Å². The van der Waals surface area contributed by atoms with Crippen LogP contribution in [-0.4, -0.2) is 31.0 Å². The van der Waals surface area contributed by atoms with E-state index in [9.17, 15) is 20.2 Å². The summed E-state index contributed by atoms with van der Waals surface area (Å²) in [5.41, 5.74) is 1.91. The number of nitro benzene ring substituents is 1. The number of anilines is 1. The summed E-state index contributed by atoms with van der Waals surface area (Å²) in [6, 6.07) is 11.6. The molecule has 1 heterocycles. The number of rotatable bonds is 6. The molecule has 1 amide bonds. The number of benzene rings is 2. The normalized spacial score (nSPS) is 13.6. The first-order chi connectivity index (χ1) is 15.5. The lowest BCUT2D eigenvalue weighted by Crippen LogP contribution is -2.14. The Kier molecular flexibility index (Phi) is 6.13. The van der Waals surface area contributed by atoms with Crippen molar-refractivity contribution in [1.82, 2.24) is 20.2 Å². The van der Waals surface area contributed by atoms with Crippen LogP contribution in [0.5, 0.6) is 0 Å². The summed E-state index contributed by atoms with van der Waals surface area (Å²) in [5, 5.41) is 35.3. The third kappa shape index (κ3) is 4.45. The topological polar surface area (TPSA) is 140 Å². The molecule has 0 atom stereocenters. The molecule has 3 aromatic rings. The van der Waals surface area contributed by atoms with Crippen LogP contribution in [0.2, 0.25) is 0 Å². The molecule has 32 heavy (non-hydrogen) atoms. The maximum Gasteiger partial charge on any atom is 0.270 e. The number of aromatic nitrogens is 4. The number of carbonyl (C=O) groups excluding carboxylic acids is 1. The number of amides is 1. The maximum absolute atomic E-state index is 13.1. The molecular weight excluding hydrogens is 430 g/mol. The zero-order valence-corrected chi connectivity index (χ0v) is 18.0. The van der Waals surface area contributed by atoms with Crippen LogP contribution in [0.3, 0.4) is 0 Å². The Balaban J connectivity index is 1.63. The smallest absolute Gasteiger partial charge is 0.270 e. The Hall–Kier alpha value is -3.78. The second-order valence-corrected chi connectivity index (χ2v) is 8.48. The number of tetrazole rings is 1. The van der Waals surface area contributed by atoms with E-state index in [1.165, 1.54) is 22.9 Å². The lowest BCUT2D eigenvalue weighted by Gasteiger charge is -2.14. The van der Waals surface area contributed by atoms with E-state index in [2.05, 4.69) is 26.9 Å². The van der Waals surface area contributed by atoms with Crippen molar-refractivity contribution >= 4 is 29.0 Å². The summed E-state index contributed by atoms with van der Waals surface area (Å²) in [5.74, 6) is -0.155. The Bertz CT molecular complexity index is 1230. The summed E-state index contributed by atoms with van der Waals surface area (Å²) >= 11 is 1.12. The Labute approximate surface area is 187 Å². The van der Waals surface area contributed by atoms with Crippen molar-refractivity contribution in [2.45, 2.75) is 41.7 Å². The van der Waals surface area contributed by atoms with Crippen molar-refractivity contribution in [2.75, 3.05) is 5.32 Å². The highest BCUT2D eigenvalue weighted by molar-refractivity contribution is 7.99. The highest BCUT2D eigenvalue weighted by Gasteiger charge is 2.22. The Morgan fingerprint density at radius 2 is 2.06 bits per heavy atom. The number of carbonyl (C=O) groups is 1. The molecule has 0 radical (unpaired) electrons. The average Bonchev–Trinajstić information content (AvgIpc) is 3.46. The molecular formula is C21H19N7O3S. The molecule has 1 aromatic heterocycles. The van der Waals surface area contributed by atoms with Crippen molar-refractivity contribution in [3.05, 3.63) is 63.2 Å². The fourth-order valence-electron chi connectivity index (χ4n) is 3.83. The summed E-state index contributed by atoms with van der Waals surface area (Å²) in [6.07, 6.45) is 4.43. The van der Waals surface area contributed by atoms with Gasteiger partial charge in [-0.25, -0.2) is 4.68 Å². The predicted molar refractivity (Wildman–Crippen MR) is 116 cm³/mol. The van der Waals surface area contributed by atoms with Gasteiger partial charge in [0.05, 0.1) is 22.1 Å². The third-order valence-electron chi connectivity index (χ3n) is 5.43. The number of nitrogens with zero attached hydrogens (tertiary/aromatic N) is 6. The third-order valence-corrected chi connectivity index (χ3v) is 6.53. The number of nitrogens with one attached hydrogen (secondary N) is 1. The fourth-order valence-corrected chi connectivity index (χ4v) is 4.67. The average molecular weight is 449 g/mol. The minimum atomic E-state index is -0.556. The van der Waals surface area contributed by atoms with E-state index in [1.54, 1.807) is 19.2 Å². The molecule has 0 unspecified atom stereocenters. The van der Waals surface area contributed by atoms with Gasteiger partial charge in [0.15, 0.2) is 0 Å². The van der Waals surface area contributed by atoms with Gasteiger partial charge in [0, 0.05) is 29.8 Å². The van der Waals surface area contributed by atoms with Gasteiger partial charge in [0.2, 0.25) is 5.16 Å². The molecule has 1 aliphatic carbocycles. The van der Waals surface area contributed by atoms with Gasteiger partial charge >= 0.3 is 0 Å². The minimum Gasteiger partial charge on any atom is -0.322 e. The molecule has 2 aromatic carbocycles. The van der Waals surface area contributed by atoms with E-state index >= 15 is 0 Å². The number of hydrogen-bond acceptors (Lipinski definition) is 8. The molecule has 4 rings (SSSR count). The second kappa shape index (κ2) is 9.15. The van der Waals surface area contributed by atoms with Crippen LogP contribution < -0.4 is 5.32 Å². The quantitative estimate of drug-likeness (QED) is 0.439. The number of aryl methyl sites for hydroxylation is 1. The van der Waals surface area contributed by atoms with Gasteiger partial charge in [-0.3, -0.25) is 14.9 Å².